The van der Waals surface area contributed by atoms with Crippen LogP contribution >= 0.6 is 15.9 Å². The summed E-state index contributed by atoms with van der Waals surface area (Å²) in [5.41, 5.74) is 1.81. The maximum Gasteiger partial charge on any atom is 0.323 e. The van der Waals surface area contributed by atoms with Gasteiger partial charge in [-0.05, 0) is 37.3 Å². The molecule has 0 spiro atoms. The molecule has 5 heteroatoms. The van der Waals surface area contributed by atoms with Gasteiger partial charge in [-0.2, -0.15) is 0 Å². The quantitative estimate of drug-likeness (QED) is 0.823. The minimum atomic E-state index is -0.358. The Morgan fingerprint density at radius 1 is 0.950 bits per heavy atom. The van der Waals surface area contributed by atoms with Crippen molar-refractivity contribution in [2.45, 2.75) is 6.92 Å². The van der Waals surface area contributed by atoms with Crippen LogP contribution in [0.1, 0.15) is 17.3 Å². The highest BCUT2D eigenvalue weighted by Crippen LogP contribution is 2.16. The fourth-order valence-electron chi connectivity index (χ4n) is 1.68. The highest BCUT2D eigenvalue weighted by atomic mass is 79.9. The van der Waals surface area contributed by atoms with E-state index in [9.17, 15) is 9.59 Å². The number of halogens is 1. The highest BCUT2D eigenvalue weighted by molar-refractivity contribution is 9.10. The van der Waals surface area contributed by atoms with Gasteiger partial charge in [0.1, 0.15) is 0 Å². The number of amides is 2. The van der Waals surface area contributed by atoms with Crippen molar-refractivity contribution >= 4 is 39.1 Å². The molecule has 0 aliphatic heterocycles. The molecule has 2 amide bonds. The molecular formula is C15H13BrN2O2. The van der Waals surface area contributed by atoms with Crippen LogP contribution in [0.15, 0.2) is 53.0 Å². The summed E-state index contributed by atoms with van der Waals surface area (Å²) >= 11 is 3.34. The van der Waals surface area contributed by atoms with Crippen LogP contribution in [0.3, 0.4) is 0 Å². The predicted molar refractivity (Wildman–Crippen MR) is 83.2 cm³/mol. The van der Waals surface area contributed by atoms with Crippen LogP contribution in [-0.2, 0) is 0 Å². The molecule has 0 heterocycles. The predicted octanol–water partition coefficient (Wildman–Crippen LogP) is 4.30. The summed E-state index contributed by atoms with van der Waals surface area (Å²) < 4.78 is 0.883. The molecule has 2 aromatic rings. The maximum absolute atomic E-state index is 11.9. The van der Waals surface area contributed by atoms with Crippen molar-refractivity contribution in [2.24, 2.45) is 0 Å². The Labute approximate surface area is 125 Å². The van der Waals surface area contributed by atoms with Crippen molar-refractivity contribution in [3.8, 4) is 0 Å². The van der Waals surface area contributed by atoms with Crippen LogP contribution in [0.25, 0.3) is 0 Å². The molecule has 0 saturated heterocycles. The van der Waals surface area contributed by atoms with Gasteiger partial charge in [-0.25, -0.2) is 4.79 Å². The Balaban J connectivity index is 2.04. The molecule has 4 nitrogen and oxygen atoms in total. The van der Waals surface area contributed by atoms with Crippen LogP contribution < -0.4 is 10.6 Å². The van der Waals surface area contributed by atoms with E-state index >= 15 is 0 Å². The molecule has 0 fully saturated rings. The lowest BCUT2D eigenvalue weighted by Gasteiger charge is -2.08. The van der Waals surface area contributed by atoms with Gasteiger partial charge in [-0.3, -0.25) is 4.79 Å². The van der Waals surface area contributed by atoms with Crippen LogP contribution in [-0.4, -0.2) is 11.8 Å². The molecule has 0 radical (unpaired) electrons. The standard InChI is InChI=1S/C15H13BrN2O2/c1-10(19)11-4-2-6-13(8-11)17-15(20)18-14-7-3-5-12(16)9-14/h2-9H,1H3,(H2,17,18,20). The first-order valence-electron chi connectivity index (χ1n) is 5.99. The second-order valence-electron chi connectivity index (χ2n) is 4.23. The number of ketones is 1. The summed E-state index contributed by atoms with van der Waals surface area (Å²) in [6.45, 7) is 1.49. The number of benzene rings is 2. The smallest absolute Gasteiger partial charge is 0.308 e. The number of Topliss-reactive ketones (excluding diaryl/α,β-unsaturated/α-hetero) is 1. The summed E-state index contributed by atoms with van der Waals surface area (Å²) in [7, 11) is 0. The normalized spacial score (nSPS) is 9.90. The summed E-state index contributed by atoms with van der Waals surface area (Å²) in [6.07, 6.45) is 0. The van der Waals surface area contributed by atoms with Crippen LogP contribution in [0.4, 0.5) is 16.2 Å². The zero-order valence-corrected chi connectivity index (χ0v) is 12.4. The monoisotopic (exact) mass is 332 g/mol. The third-order valence-corrected chi connectivity index (χ3v) is 3.10. The van der Waals surface area contributed by atoms with Gasteiger partial charge in [0.25, 0.3) is 0 Å². The van der Waals surface area contributed by atoms with Gasteiger partial charge in [-0.1, -0.05) is 34.1 Å². The number of hydrogen-bond acceptors (Lipinski definition) is 2. The van der Waals surface area contributed by atoms with Gasteiger partial charge in [0.2, 0.25) is 0 Å². The average molecular weight is 333 g/mol. The van der Waals surface area contributed by atoms with Gasteiger partial charge >= 0.3 is 6.03 Å². The molecule has 2 rings (SSSR count). The number of urea groups is 1. The maximum atomic E-state index is 11.9. The van der Waals surface area contributed by atoms with Gasteiger partial charge < -0.3 is 10.6 Å². The highest BCUT2D eigenvalue weighted by Gasteiger charge is 2.05. The van der Waals surface area contributed by atoms with Gasteiger partial charge in [0, 0.05) is 21.4 Å². The van der Waals surface area contributed by atoms with E-state index < -0.39 is 0 Å². The Bertz CT molecular complexity index is 656. The molecule has 0 bridgehead atoms. The Hall–Kier alpha value is -2.14. The van der Waals surface area contributed by atoms with Crippen molar-refractivity contribution < 1.29 is 9.59 Å². The number of nitrogens with one attached hydrogen (secondary N) is 2. The first-order chi connectivity index (χ1) is 9.54. The fourth-order valence-corrected chi connectivity index (χ4v) is 2.07. The number of rotatable bonds is 3. The number of carbonyl (C=O) groups excluding carboxylic acids is 2. The summed E-state index contributed by atoms with van der Waals surface area (Å²) in [6, 6.07) is 13.7. The lowest BCUT2D eigenvalue weighted by molar-refractivity contribution is 0.101. The van der Waals surface area contributed by atoms with Crippen LogP contribution in [0.2, 0.25) is 0 Å². The molecule has 0 unspecified atom stereocenters. The zero-order valence-electron chi connectivity index (χ0n) is 10.8. The molecule has 0 aliphatic carbocycles. The van der Waals surface area contributed by atoms with E-state index in [-0.39, 0.29) is 11.8 Å². The van der Waals surface area contributed by atoms with E-state index in [1.807, 2.05) is 12.1 Å². The van der Waals surface area contributed by atoms with Crippen molar-refractivity contribution in [3.05, 3.63) is 58.6 Å². The first kappa shape index (κ1) is 14.3. The molecule has 2 aromatic carbocycles. The first-order valence-corrected chi connectivity index (χ1v) is 6.78. The van der Waals surface area contributed by atoms with E-state index in [2.05, 4.69) is 26.6 Å². The minimum absolute atomic E-state index is 0.0407. The average Bonchev–Trinajstić information content (AvgIpc) is 2.38. The number of carbonyl (C=O) groups is 2. The third kappa shape index (κ3) is 3.93. The molecule has 20 heavy (non-hydrogen) atoms. The molecule has 102 valence electrons. The number of hydrogen-bond donors (Lipinski definition) is 2. The molecule has 2 N–H and O–H groups in total. The molecule has 0 atom stereocenters. The van der Waals surface area contributed by atoms with Crippen molar-refractivity contribution in [2.75, 3.05) is 10.6 Å². The molecule has 0 aromatic heterocycles. The largest absolute Gasteiger partial charge is 0.323 e. The topological polar surface area (TPSA) is 58.2 Å². The van der Waals surface area contributed by atoms with Crippen molar-refractivity contribution in [3.63, 3.8) is 0 Å². The van der Waals surface area contributed by atoms with Crippen molar-refractivity contribution in [1.29, 1.82) is 0 Å². The van der Waals surface area contributed by atoms with E-state index in [0.29, 0.717) is 16.9 Å². The van der Waals surface area contributed by atoms with Crippen LogP contribution in [0.5, 0.6) is 0 Å². The Morgan fingerprint density at radius 2 is 1.55 bits per heavy atom. The Morgan fingerprint density at radius 3 is 2.15 bits per heavy atom. The van der Waals surface area contributed by atoms with Gasteiger partial charge in [0.15, 0.2) is 5.78 Å². The minimum Gasteiger partial charge on any atom is -0.308 e. The van der Waals surface area contributed by atoms with Gasteiger partial charge in [0.05, 0.1) is 0 Å². The van der Waals surface area contributed by atoms with Gasteiger partial charge in [-0.15, -0.1) is 0 Å². The third-order valence-electron chi connectivity index (χ3n) is 2.61. The summed E-state index contributed by atoms with van der Waals surface area (Å²) in [5.74, 6) is -0.0407. The van der Waals surface area contributed by atoms with Crippen molar-refractivity contribution in [1.82, 2.24) is 0 Å². The summed E-state index contributed by atoms with van der Waals surface area (Å²) in [4.78, 5) is 23.1. The SMILES string of the molecule is CC(=O)c1cccc(NC(=O)Nc2cccc(Br)c2)c1. The van der Waals surface area contributed by atoms with E-state index in [4.69, 9.17) is 0 Å². The van der Waals surface area contributed by atoms with E-state index in [1.54, 1.807) is 36.4 Å². The molecule has 0 saturated carbocycles. The summed E-state index contributed by atoms with van der Waals surface area (Å²) in [5, 5.41) is 5.40. The zero-order chi connectivity index (χ0) is 14.5. The molecule has 0 aliphatic rings. The lowest BCUT2D eigenvalue weighted by Crippen LogP contribution is -2.19. The van der Waals surface area contributed by atoms with E-state index in [0.717, 1.165) is 4.47 Å². The fraction of sp³-hybridized carbons (Fsp3) is 0.0667. The second-order valence-corrected chi connectivity index (χ2v) is 5.14. The molecular weight excluding hydrogens is 320 g/mol. The Kier molecular flexibility index (Phi) is 4.53. The van der Waals surface area contributed by atoms with E-state index in [1.165, 1.54) is 6.92 Å². The van der Waals surface area contributed by atoms with Crippen LogP contribution in [0, 0.1) is 0 Å². The lowest BCUT2D eigenvalue weighted by atomic mass is 10.1. The number of anilines is 2. The second kappa shape index (κ2) is 6.34.